The lowest BCUT2D eigenvalue weighted by atomic mass is 10.1. The second kappa shape index (κ2) is 5.83. The van der Waals surface area contributed by atoms with E-state index in [4.69, 9.17) is 5.26 Å². The molecule has 0 spiro atoms. The molecule has 0 radical (unpaired) electrons. The first kappa shape index (κ1) is 13.2. The molecule has 0 saturated heterocycles. The maximum atomic E-state index is 12.1. The Hall–Kier alpha value is -0.800. The Morgan fingerprint density at radius 1 is 1.50 bits per heavy atom. The fraction of sp³-hybridized carbons (Fsp3) is 0.875. The van der Waals surface area contributed by atoms with Gasteiger partial charge in [-0.1, -0.05) is 0 Å². The van der Waals surface area contributed by atoms with Crippen molar-refractivity contribution in [1.29, 1.82) is 5.26 Å². The fourth-order valence-corrected chi connectivity index (χ4v) is 0.923. The summed E-state index contributed by atoms with van der Waals surface area (Å²) in [5.74, 6) is -1.90. The molecule has 0 heterocycles. The summed E-state index contributed by atoms with van der Waals surface area (Å²) < 4.78 is 36.4. The van der Waals surface area contributed by atoms with Crippen molar-refractivity contribution in [2.75, 3.05) is 33.7 Å². The van der Waals surface area contributed by atoms with E-state index in [0.717, 1.165) is 0 Å². The van der Waals surface area contributed by atoms with Gasteiger partial charge in [0, 0.05) is 19.6 Å². The van der Waals surface area contributed by atoms with E-state index in [0.29, 0.717) is 13.1 Å². The third kappa shape index (κ3) is 5.04. The molecule has 0 aromatic heterocycles. The average Bonchev–Trinajstić information content (AvgIpc) is 2.08. The van der Waals surface area contributed by atoms with Crippen molar-refractivity contribution in [3.8, 4) is 6.07 Å². The van der Waals surface area contributed by atoms with Gasteiger partial charge in [-0.15, -0.1) is 0 Å². The van der Waals surface area contributed by atoms with Crippen LogP contribution in [0.2, 0.25) is 0 Å². The number of hydrogen-bond acceptors (Lipinski definition) is 3. The van der Waals surface area contributed by atoms with Crippen LogP contribution in [-0.2, 0) is 0 Å². The number of alkyl halides is 3. The third-order valence-electron chi connectivity index (χ3n) is 1.79. The van der Waals surface area contributed by atoms with Crippen LogP contribution >= 0.6 is 0 Å². The number of hydrogen-bond donors (Lipinski definition) is 1. The number of nitrogens with zero attached hydrogens (tertiary/aromatic N) is 2. The highest BCUT2D eigenvalue weighted by atomic mass is 19.4. The average molecular weight is 209 g/mol. The number of nitrogens with one attached hydrogen (secondary N) is 1. The van der Waals surface area contributed by atoms with Crippen LogP contribution in [0, 0.1) is 17.2 Å². The quantitative estimate of drug-likeness (QED) is 0.729. The molecule has 0 amide bonds. The summed E-state index contributed by atoms with van der Waals surface area (Å²) in [6, 6.07) is 1.26. The predicted octanol–water partition coefficient (Wildman–Crippen LogP) is 0.840. The molecule has 1 atom stereocenters. The maximum absolute atomic E-state index is 12.1. The van der Waals surface area contributed by atoms with Crippen LogP contribution in [0.1, 0.15) is 0 Å². The molecule has 0 aromatic carbocycles. The lowest BCUT2D eigenvalue weighted by Crippen LogP contribution is -2.36. The zero-order chi connectivity index (χ0) is 11.2. The Morgan fingerprint density at radius 2 is 2.07 bits per heavy atom. The van der Waals surface area contributed by atoms with E-state index in [1.165, 1.54) is 11.0 Å². The molecule has 0 bridgehead atoms. The molecule has 1 unspecified atom stereocenters. The number of likely N-dealkylation sites (N-methyl/N-ethyl adjacent to an activating group) is 2. The van der Waals surface area contributed by atoms with Crippen molar-refractivity contribution in [2.24, 2.45) is 5.92 Å². The van der Waals surface area contributed by atoms with Crippen molar-refractivity contribution in [3.05, 3.63) is 0 Å². The first-order valence-corrected chi connectivity index (χ1v) is 4.21. The van der Waals surface area contributed by atoms with Crippen LogP contribution in [0.3, 0.4) is 0 Å². The summed E-state index contributed by atoms with van der Waals surface area (Å²) in [6.07, 6.45) is -4.43. The first-order chi connectivity index (χ1) is 6.41. The van der Waals surface area contributed by atoms with Crippen LogP contribution in [-0.4, -0.2) is 44.8 Å². The molecule has 0 fully saturated rings. The Balaban J connectivity index is 4.01. The van der Waals surface area contributed by atoms with Crippen LogP contribution < -0.4 is 5.32 Å². The van der Waals surface area contributed by atoms with Gasteiger partial charge in [0.15, 0.2) is 5.92 Å². The minimum Gasteiger partial charge on any atom is -0.318 e. The lowest BCUT2D eigenvalue weighted by molar-refractivity contribution is -0.162. The Labute approximate surface area is 81.5 Å². The predicted molar refractivity (Wildman–Crippen MR) is 46.6 cm³/mol. The molecule has 0 aromatic rings. The van der Waals surface area contributed by atoms with Gasteiger partial charge in [0.2, 0.25) is 0 Å². The van der Waals surface area contributed by atoms with Crippen molar-refractivity contribution < 1.29 is 13.2 Å². The van der Waals surface area contributed by atoms with Gasteiger partial charge in [0.25, 0.3) is 0 Å². The molecule has 0 rings (SSSR count). The van der Waals surface area contributed by atoms with E-state index in [1.807, 2.05) is 0 Å². The molecule has 14 heavy (non-hydrogen) atoms. The van der Waals surface area contributed by atoms with Gasteiger partial charge in [-0.3, -0.25) is 0 Å². The molecule has 0 aliphatic rings. The summed E-state index contributed by atoms with van der Waals surface area (Å²) >= 11 is 0. The highest BCUT2D eigenvalue weighted by Crippen LogP contribution is 2.25. The van der Waals surface area contributed by atoms with E-state index in [2.05, 4.69) is 5.32 Å². The Kier molecular flexibility index (Phi) is 5.50. The molecule has 0 saturated carbocycles. The van der Waals surface area contributed by atoms with Gasteiger partial charge in [0.05, 0.1) is 6.07 Å². The largest absolute Gasteiger partial charge is 0.405 e. The van der Waals surface area contributed by atoms with Gasteiger partial charge in [0.1, 0.15) is 0 Å². The molecule has 1 N–H and O–H groups in total. The van der Waals surface area contributed by atoms with Gasteiger partial charge in [-0.2, -0.15) is 18.4 Å². The van der Waals surface area contributed by atoms with Crippen molar-refractivity contribution in [1.82, 2.24) is 10.2 Å². The van der Waals surface area contributed by atoms with Gasteiger partial charge >= 0.3 is 6.18 Å². The zero-order valence-electron chi connectivity index (χ0n) is 8.23. The third-order valence-corrected chi connectivity index (χ3v) is 1.79. The van der Waals surface area contributed by atoms with E-state index >= 15 is 0 Å². The summed E-state index contributed by atoms with van der Waals surface area (Å²) in [5, 5.41) is 11.1. The molecule has 3 nitrogen and oxygen atoms in total. The summed E-state index contributed by atoms with van der Waals surface area (Å²) in [7, 11) is 3.28. The van der Waals surface area contributed by atoms with Gasteiger partial charge < -0.3 is 10.2 Å². The monoisotopic (exact) mass is 209 g/mol. The van der Waals surface area contributed by atoms with E-state index in [1.54, 1.807) is 14.1 Å². The van der Waals surface area contributed by atoms with Crippen molar-refractivity contribution in [3.63, 3.8) is 0 Å². The molecular formula is C8H14F3N3. The van der Waals surface area contributed by atoms with Crippen LogP contribution in [0.25, 0.3) is 0 Å². The van der Waals surface area contributed by atoms with E-state index in [9.17, 15) is 13.2 Å². The standard InChI is InChI=1S/C8H14F3N3/c1-13-3-4-14(2)6-7(5-12)8(9,10)11/h7,13H,3-4,6H2,1-2H3. The molecule has 6 heteroatoms. The fourth-order valence-electron chi connectivity index (χ4n) is 0.923. The van der Waals surface area contributed by atoms with Crippen LogP contribution in [0.4, 0.5) is 13.2 Å². The lowest BCUT2D eigenvalue weighted by Gasteiger charge is -2.21. The second-order valence-electron chi connectivity index (χ2n) is 3.09. The maximum Gasteiger partial charge on any atom is 0.405 e. The smallest absolute Gasteiger partial charge is 0.318 e. The minimum atomic E-state index is -4.43. The highest BCUT2D eigenvalue weighted by molar-refractivity contribution is 4.90. The highest BCUT2D eigenvalue weighted by Gasteiger charge is 2.40. The summed E-state index contributed by atoms with van der Waals surface area (Å²) in [6.45, 7) is 0.818. The second-order valence-corrected chi connectivity index (χ2v) is 3.09. The Morgan fingerprint density at radius 3 is 2.43 bits per heavy atom. The first-order valence-electron chi connectivity index (χ1n) is 4.21. The van der Waals surface area contributed by atoms with Gasteiger partial charge in [-0.05, 0) is 14.1 Å². The number of nitriles is 1. The van der Waals surface area contributed by atoms with Crippen molar-refractivity contribution >= 4 is 0 Å². The topological polar surface area (TPSA) is 39.1 Å². The summed E-state index contributed by atoms with van der Waals surface area (Å²) in [4.78, 5) is 1.48. The SMILES string of the molecule is CNCCN(C)CC(C#N)C(F)(F)F. The van der Waals surface area contributed by atoms with E-state index < -0.39 is 12.1 Å². The van der Waals surface area contributed by atoms with Crippen LogP contribution in [0.15, 0.2) is 0 Å². The summed E-state index contributed by atoms with van der Waals surface area (Å²) in [5.41, 5.74) is 0. The minimum absolute atomic E-state index is 0.276. The molecule has 0 aliphatic carbocycles. The van der Waals surface area contributed by atoms with Crippen LogP contribution in [0.5, 0.6) is 0 Å². The number of rotatable bonds is 5. The van der Waals surface area contributed by atoms with Crippen molar-refractivity contribution in [2.45, 2.75) is 6.18 Å². The molecule has 82 valence electrons. The van der Waals surface area contributed by atoms with E-state index in [-0.39, 0.29) is 6.54 Å². The Bertz CT molecular complexity index is 197. The molecular weight excluding hydrogens is 195 g/mol. The zero-order valence-corrected chi connectivity index (χ0v) is 8.23. The molecule has 0 aliphatic heterocycles. The number of halogens is 3. The van der Waals surface area contributed by atoms with Gasteiger partial charge in [-0.25, -0.2) is 0 Å². The normalized spacial score (nSPS) is 14.1.